The van der Waals surface area contributed by atoms with Crippen LogP contribution in [0.3, 0.4) is 0 Å². The van der Waals surface area contributed by atoms with E-state index in [4.69, 9.17) is 0 Å². The van der Waals surface area contributed by atoms with Crippen LogP contribution < -0.4 is 5.32 Å². The normalized spacial score (nSPS) is 12.5. The van der Waals surface area contributed by atoms with E-state index in [1.807, 2.05) is 14.0 Å². The molecule has 0 fully saturated rings. The highest BCUT2D eigenvalue weighted by Gasteiger charge is 2.15. The predicted molar refractivity (Wildman–Crippen MR) is 73.2 cm³/mol. The monoisotopic (exact) mass is 261 g/mol. The third-order valence-corrected chi connectivity index (χ3v) is 3.36. The van der Waals surface area contributed by atoms with Gasteiger partial charge in [-0.2, -0.15) is 0 Å². The van der Waals surface area contributed by atoms with E-state index in [0.717, 1.165) is 16.7 Å². The summed E-state index contributed by atoms with van der Waals surface area (Å²) in [5, 5.41) is 3.16. The lowest BCUT2D eigenvalue weighted by Gasteiger charge is -2.20. The summed E-state index contributed by atoms with van der Waals surface area (Å²) in [4.78, 5) is 0. The molecule has 0 aromatic heterocycles. The number of aryl methyl sites for hydroxylation is 2. The van der Waals surface area contributed by atoms with Gasteiger partial charge in [0.2, 0.25) is 0 Å². The predicted octanol–water partition coefficient (Wildman–Crippen LogP) is 3.89. The number of rotatable bonds is 3. The van der Waals surface area contributed by atoms with Gasteiger partial charge in [0.25, 0.3) is 0 Å². The molecule has 2 rings (SSSR count). The second-order valence-electron chi connectivity index (χ2n) is 4.73. The van der Waals surface area contributed by atoms with E-state index in [1.54, 1.807) is 25.1 Å². The lowest BCUT2D eigenvalue weighted by Crippen LogP contribution is -2.19. The Labute approximate surface area is 112 Å². The van der Waals surface area contributed by atoms with Crippen LogP contribution in [0.15, 0.2) is 36.4 Å². The van der Waals surface area contributed by atoms with Gasteiger partial charge < -0.3 is 5.32 Å². The largest absolute Gasteiger partial charge is 0.309 e. The maximum atomic E-state index is 13.4. The van der Waals surface area contributed by atoms with E-state index < -0.39 is 0 Å². The first-order valence-electron chi connectivity index (χ1n) is 6.22. The van der Waals surface area contributed by atoms with Crippen LogP contribution in [0.25, 0.3) is 0 Å². The van der Waals surface area contributed by atoms with Crippen molar-refractivity contribution in [3.05, 3.63) is 70.3 Å². The van der Waals surface area contributed by atoms with Gasteiger partial charge in [-0.05, 0) is 61.3 Å². The molecule has 2 aromatic rings. The molecule has 0 aliphatic carbocycles. The quantitative estimate of drug-likeness (QED) is 0.883. The Bertz CT molecular complexity index is 593. The Hall–Kier alpha value is -1.74. The van der Waals surface area contributed by atoms with Gasteiger partial charge >= 0.3 is 0 Å². The summed E-state index contributed by atoms with van der Waals surface area (Å²) in [5.41, 5.74) is 3.39. The van der Waals surface area contributed by atoms with Crippen LogP contribution in [-0.4, -0.2) is 7.05 Å². The number of nitrogens with one attached hydrogen (secondary N) is 1. The molecular weight excluding hydrogens is 244 g/mol. The minimum absolute atomic E-state index is 0.144. The van der Waals surface area contributed by atoms with Crippen molar-refractivity contribution >= 4 is 0 Å². The molecule has 19 heavy (non-hydrogen) atoms. The van der Waals surface area contributed by atoms with Gasteiger partial charge in [-0.25, -0.2) is 8.78 Å². The van der Waals surface area contributed by atoms with E-state index in [0.29, 0.717) is 5.56 Å². The molecule has 0 saturated carbocycles. The van der Waals surface area contributed by atoms with Crippen LogP contribution >= 0.6 is 0 Å². The molecule has 2 aromatic carbocycles. The van der Waals surface area contributed by atoms with Crippen LogP contribution in [0, 0.1) is 25.5 Å². The first-order chi connectivity index (χ1) is 9.02. The summed E-state index contributed by atoms with van der Waals surface area (Å²) in [7, 11) is 1.81. The third kappa shape index (κ3) is 2.82. The van der Waals surface area contributed by atoms with Crippen molar-refractivity contribution in [1.82, 2.24) is 5.32 Å². The average molecular weight is 261 g/mol. The van der Waals surface area contributed by atoms with Gasteiger partial charge in [0.1, 0.15) is 11.6 Å². The minimum atomic E-state index is -0.264. The fourth-order valence-corrected chi connectivity index (χ4v) is 2.27. The molecule has 0 radical (unpaired) electrons. The third-order valence-electron chi connectivity index (χ3n) is 3.36. The molecule has 0 aliphatic rings. The van der Waals surface area contributed by atoms with Crippen LogP contribution in [0.5, 0.6) is 0 Å². The van der Waals surface area contributed by atoms with E-state index >= 15 is 0 Å². The lowest BCUT2D eigenvalue weighted by molar-refractivity contribution is 0.607. The van der Waals surface area contributed by atoms with Gasteiger partial charge in [-0.1, -0.05) is 18.2 Å². The van der Waals surface area contributed by atoms with Crippen molar-refractivity contribution in [2.75, 3.05) is 7.05 Å². The Morgan fingerprint density at radius 3 is 2.32 bits per heavy atom. The maximum Gasteiger partial charge on any atom is 0.126 e. The zero-order chi connectivity index (χ0) is 14.0. The summed E-state index contributed by atoms with van der Waals surface area (Å²) in [5.74, 6) is -0.491. The molecule has 0 saturated heterocycles. The Morgan fingerprint density at radius 1 is 0.947 bits per heavy atom. The first kappa shape index (κ1) is 13.7. The molecule has 1 unspecified atom stereocenters. The van der Waals surface area contributed by atoms with E-state index in [-0.39, 0.29) is 17.7 Å². The fraction of sp³-hybridized carbons (Fsp3) is 0.250. The van der Waals surface area contributed by atoms with Crippen molar-refractivity contribution in [3.63, 3.8) is 0 Å². The van der Waals surface area contributed by atoms with Gasteiger partial charge in [0, 0.05) is 0 Å². The summed E-state index contributed by atoms with van der Waals surface area (Å²) >= 11 is 0. The van der Waals surface area contributed by atoms with Crippen LogP contribution in [0.4, 0.5) is 8.78 Å². The molecule has 1 atom stereocenters. The zero-order valence-electron chi connectivity index (χ0n) is 11.3. The van der Waals surface area contributed by atoms with E-state index in [2.05, 4.69) is 5.32 Å². The lowest BCUT2D eigenvalue weighted by atomic mass is 9.94. The molecule has 1 N–H and O–H groups in total. The van der Waals surface area contributed by atoms with Crippen molar-refractivity contribution < 1.29 is 8.78 Å². The average Bonchev–Trinajstić information content (AvgIpc) is 2.38. The number of hydrogen-bond acceptors (Lipinski definition) is 1. The highest BCUT2D eigenvalue weighted by molar-refractivity contribution is 5.38. The van der Waals surface area contributed by atoms with Crippen LogP contribution in [-0.2, 0) is 0 Å². The molecule has 0 aliphatic heterocycles. The molecule has 0 spiro atoms. The van der Waals surface area contributed by atoms with Crippen LogP contribution in [0.2, 0.25) is 0 Å². The second-order valence-corrected chi connectivity index (χ2v) is 4.73. The highest BCUT2D eigenvalue weighted by Crippen LogP contribution is 2.26. The van der Waals surface area contributed by atoms with E-state index in [9.17, 15) is 8.78 Å². The Morgan fingerprint density at radius 2 is 1.68 bits per heavy atom. The summed E-state index contributed by atoms with van der Waals surface area (Å²) < 4.78 is 26.7. The molecule has 3 heteroatoms. The van der Waals surface area contributed by atoms with Crippen molar-refractivity contribution in [1.29, 1.82) is 0 Å². The van der Waals surface area contributed by atoms with Crippen molar-refractivity contribution in [2.24, 2.45) is 0 Å². The summed E-state index contributed by atoms with van der Waals surface area (Å²) in [6.07, 6.45) is 0. The number of halogens is 2. The maximum absolute atomic E-state index is 13.4. The van der Waals surface area contributed by atoms with Gasteiger partial charge in [0.15, 0.2) is 0 Å². The van der Waals surface area contributed by atoms with Crippen molar-refractivity contribution in [2.45, 2.75) is 19.9 Å². The smallest absolute Gasteiger partial charge is 0.126 e. The van der Waals surface area contributed by atoms with Gasteiger partial charge in [-0.3, -0.25) is 0 Å². The minimum Gasteiger partial charge on any atom is -0.309 e. The SMILES string of the molecule is CNC(c1ccc(F)c(C)c1)c1cc(F)ccc1C. The molecule has 0 heterocycles. The van der Waals surface area contributed by atoms with Gasteiger partial charge in [0.05, 0.1) is 6.04 Å². The van der Waals surface area contributed by atoms with E-state index in [1.165, 1.54) is 18.2 Å². The topological polar surface area (TPSA) is 12.0 Å². The van der Waals surface area contributed by atoms with Gasteiger partial charge in [-0.15, -0.1) is 0 Å². The highest BCUT2D eigenvalue weighted by atomic mass is 19.1. The Kier molecular flexibility index (Phi) is 3.96. The van der Waals surface area contributed by atoms with Crippen molar-refractivity contribution in [3.8, 4) is 0 Å². The van der Waals surface area contributed by atoms with Crippen LogP contribution in [0.1, 0.15) is 28.3 Å². The molecule has 1 nitrogen and oxygen atoms in total. The summed E-state index contributed by atoms with van der Waals surface area (Å²) in [6, 6.07) is 9.55. The standard InChI is InChI=1S/C16H17F2N/c1-10-4-6-13(17)9-14(10)16(19-3)12-5-7-15(18)11(2)8-12/h4-9,16,19H,1-3H3. The fourth-order valence-electron chi connectivity index (χ4n) is 2.27. The number of benzene rings is 2. The second kappa shape index (κ2) is 5.49. The molecule has 100 valence electrons. The molecule has 0 amide bonds. The summed E-state index contributed by atoms with van der Waals surface area (Å²) in [6.45, 7) is 3.67. The molecule has 0 bridgehead atoms. The number of hydrogen-bond donors (Lipinski definition) is 1. The zero-order valence-corrected chi connectivity index (χ0v) is 11.3. The Balaban J connectivity index is 2.49. The first-order valence-corrected chi connectivity index (χ1v) is 6.22. The molecular formula is C16H17F2N.